The summed E-state index contributed by atoms with van der Waals surface area (Å²) in [6, 6.07) is 12.2. The molecule has 11 heteroatoms. The maximum absolute atomic E-state index is 12.8. The van der Waals surface area contributed by atoms with Gasteiger partial charge >= 0.3 is 12.1 Å². The molecule has 1 saturated heterocycles. The van der Waals surface area contributed by atoms with Crippen molar-refractivity contribution < 1.29 is 37.1 Å². The number of rotatable bonds is 6. The SMILES string of the molecule is Cc1ccc(C(=O)N2CCC3(CC2)CC(CC(=O)NCCN(C)C)c2ccccc23)o1.O=C(O)C(F)(F)F. The van der Waals surface area contributed by atoms with Crippen LogP contribution in [0.3, 0.4) is 0 Å². The summed E-state index contributed by atoms with van der Waals surface area (Å²) in [5.74, 6) is -1.23. The van der Waals surface area contributed by atoms with Crippen LogP contribution in [-0.2, 0) is 15.0 Å². The summed E-state index contributed by atoms with van der Waals surface area (Å²) < 4.78 is 37.3. The zero-order valence-electron chi connectivity index (χ0n) is 21.8. The molecule has 1 aromatic carbocycles. The molecular formula is C27H34F3N3O5. The Bertz CT molecular complexity index is 1140. The monoisotopic (exact) mass is 537 g/mol. The molecule has 8 nitrogen and oxygen atoms in total. The van der Waals surface area contributed by atoms with E-state index in [0.29, 0.717) is 31.8 Å². The average Bonchev–Trinajstić information content (AvgIpc) is 3.41. The van der Waals surface area contributed by atoms with Crippen molar-refractivity contribution in [3.63, 3.8) is 0 Å². The quantitative estimate of drug-likeness (QED) is 0.579. The topological polar surface area (TPSA) is 103 Å². The van der Waals surface area contributed by atoms with Crippen molar-refractivity contribution in [3.8, 4) is 0 Å². The Morgan fingerprint density at radius 1 is 1.13 bits per heavy atom. The fraction of sp³-hybridized carbons (Fsp3) is 0.519. The second kappa shape index (κ2) is 12.0. The fourth-order valence-electron chi connectivity index (χ4n) is 5.24. The van der Waals surface area contributed by atoms with Gasteiger partial charge in [-0.2, -0.15) is 13.2 Å². The molecule has 1 aromatic heterocycles. The number of piperidine rings is 1. The number of halogens is 3. The van der Waals surface area contributed by atoms with Crippen molar-refractivity contribution in [1.82, 2.24) is 15.1 Å². The number of likely N-dealkylation sites (N-methyl/N-ethyl adjacent to an activating group) is 1. The molecule has 0 saturated carbocycles. The Kier molecular flexibility index (Phi) is 9.24. The third-order valence-electron chi connectivity index (χ3n) is 7.12. The molecule has 2 heterocycles. The number of amides is 2. The van der Waals surface area contributed by atoms with E-state index in [4.69, 9.17) is 14.3 Å². The maximum atomic E-state index is 12.8. The van der Waals surface area contributed by atoms with Gasteiger partial charge < -0.3 is 24.6 Å². The standard InChI is InChI=1S/C25H33N3O3.C2HF3O2/c1-18-8-9-22(31-18)24(30)28-13-10-25(11-14-28)17-19(20-6-4-5-7-21(20)25)16-23(29)26-12-15-27(2)3;3-2(4,5)1(6)7/h4-9,19H,10-17H2,1-3H3,(H,26,29);(H,6,7). The van der Waals surface area contributed by atoms with E-state index in [-0.39, 0.29) is 23.1 Å². The number of hydrogen-bond donors (Lipinski definition) is 2. The van der Waals surface area contributed by atoms with Crippen LogP contribution >= 0.6 is 0 Å². The van der Waals surface area contributed by atoms with Gasteiger partial charge in [0.25, 0.3) is 5.91 Å². The minimum absolute atomic E-state index is 0.0222. The zero-order valence-corrected chi connectivity index (χ0v) is 21.8. The molecule has 1 aliphatic carbocycles. The van der Waals surface area contributed by atoms with E-state index < -0.39 is 12.1 Å². The molecule has 2 aliphatic rings. The van der Waals surface area contributed by atoms with Crippen LogP contribution in [0.15, 0.2) is 40.8 Å². The highest BCUT2D eigenvalue weighted by Gasteiger charge is 2.46. The fourth-order valence-corrected chi connectivity index (χ4v) is 5.24. The van der Waals surface area contributed by atoms with Gasteiger partial charge in [-0.05, 0) is 74.9 Å². The molecule has 1 aliphatic heterocycles. The number of fused-ring (bicyclic) bond motifs is 2. The van der Waals surface area contributed by atoms with Crippen molar-refractivity contribution in [3.05, 3.63) is 59.0 Å². The number of carboxylic acids is 1. The Balaban J connectivity index is 0.000000505. The van der Waals surface area contributed by atoms with Crippen LogP contribution in [0.1, 0.15) is 59.0 Å². The summed E-state index contributed by atoms with van der Waals surface area (Å²) in [5, 5.41) is 10.2. The van der Waals surface area contributed by atoms with Crippen LogP contribution < -0.4 is 5.32 Å². The summed E-state index contributed by atoms with van der Waals surface area (Å²) in [4.78, 5) is 38.2. The van der Waals surface area contributed by atoms with Gasteiger partial charge in [0, 0.05) is 32.6 Å². The van der Waals surface area contributed by atoms with Crippen molar-refractivity contribution in [1.29, 1.82) is 0 Å². The Labute approximate surface area is 219 Å². The number of alkyl halides is 3. The highest BCUT2D eigenvalue weighted by molar-refractivity contribution is 5.91. The number of carbonyl (C=O) groups is 3. The highest BCUT2D eigenvalue weighted by Crippen LogP contribution is 2.52. The lowest BCUT2D eigenvalue weighted by Crippen LogP contribution is -2.44. The molecule has 208 valence electrons. The normalized spacial score (nSPS) is 18.1. The third kappa shape index (κ3) is 7.15. The van der Waals surface area contributed by atoms with Gasteiger partial charge in [-0.1, -0.05) is 24.3 Å². The zero-order chi connectivity index (χ0) is 28.1. The van der Waals surface area contributed by atoms with Gasteiger partial charge in [-0.25, -0.2) is 4.79 Å². The van der Waals surface area contributed by atoms with Crippen molar-refractivity contribution in [2.24, 2.45) is 0 Å². The van der Waals surface area contributed by atoms with Gasteiger partial charge in [0.2, 0.25) is 5.91 Å². The number of benzene rings is 1. The van der Waals surface area contributed by atoms with Crippen LogP contribution in [0, 0.1) is 6.92 Å². The van der Waals surface area contributed by atoms with Crippen molar-refractivity contribution in [2.75, 3.05) is 40.3 Å². The molecular weight excluding hydrogens is 503 g/mol. The molecule has 4 rings (SSSR count). The average molecular weight is 538 g/mol. The summed E-state index contributed by atoms with van der Waals surface area (Å²) >= 11 is 0. The third-order valence-corrected chi connectivity index (χ3v) is 7.12. The van der Waals surface area contributed by atoms with E-state index in [1.54, 1.807) is 6.07 Å². The number of nitrogens with zero attached hydrogens (tertiary/aromatic N) is 2. The number of aryl methyl sites for hydroxylation is 1. The molecule has 1 fully saturated rings. The van der Waals surface area contributed by atoms with Crippen LogP contribution in [0.4, 0.5) is 13.2 Å². The molecule has 1 unspecified atom stereocenters. The van der Waals surface area contributed by atoms with Crippen LogP contribution in [-0.4, -0.2) is 79.1 Å². The summed E-state index contributed by atoms with van der Waals surface area (Å²) in [6.45, 7) is 4.81. The summed E-state index contributed by atoms with van der Waals surface area (Å²) in [7, 11) is 4.01. The smallest absolute Gasteiger partial charge is 0.475 e. The molecule has 38 heavy (non-hydrogen) atoms. The number of carboxylic acid groups (broad SMARTS) is 1. The molecule has 0 bridgehead atoms. The largest absolute Gasteiger partial charge is 0.490 e. The lowest BCUT2D eigenvalue weighted by molar-refractivity contribution is -0.192. The predicted molar refractivity (Wildman–Crippen MR) is 134 cm³/mol. The predicted octanol–water partition coefficient (Wildman–Crippen LogP) is 3.95. The highest BCUT2D eigenvalue weighted by atomic mass is 19.4. The van der Waals surface area contributed by atoms with Crippen molar-refractivity contribution in [2.45, 2.75) is 50.1 Å². The number of nitrogens with one attached hydrogen (secondary N) is 1. The van der Waals surface area contributed by atoms with E-state index in [1.165, 1.54) is 11.1 Å². The second-order valence-electron chi connectivity index (χ2n) is 10.1. The van der Waals surface area contributed by atoms with Gasteiger partial charge in [0.05, 0.1) is 0 Å². The lowest BCUT2D eigenvalue weighted by Gasteiger charge is -2.40. The first-order valence-electron chi connectivity index (χ1n) is 12.5. The number of carbonyl (C=O) groups excluding carboxylic acids is 2. The lowest BCUT2D eigenvalue weighted by atomic mass is 9.73. The number of likely N-dealkylation sites (tertiary alicyclic amines) is 1. The molecule has 2 amide bonds. The van der Waals surface area contributed by atoms with E-state index >= 15 is 0 Å². The molecule has 1 atom stereocenters. The first-order chi connectivity index (χ1) is 17.8. The molecule has 0 radical (unpaired) electrons. The van der Waals surface area contributed by atoms with E-state index in [2.05, 4.69) is 34.5 Å². The molecule has 2 aromatic rings. The first-order valence-corrected chi connectivity index (χ1v) is 12.5. The molecule has 2 N–H and O–H groups in total. The Hall–Kier alpha value is -3.34. The number of furan rings is 1. The Morgan fingerprint density at radius 2 is 1.76 bits per heavy atom. The van der Waals surface area contributed by atoms with E-state index in [0.717, 1.165) is 31.6 Å². The van der Waals surface area contributed by atoms with Crippen LogP contribution in [0.25, 0.3) is 0 Å². The summed E-state index contributed by atoms with van der Waals surface area (Å²) in [5.41, 5.74) is 2.75. The maximum Gasteiger partial charge on any atom is 0.490 e. The first kappa shape index (κ1) is 29.2. The van der Waals surface area contributed by atoms with Crippen molar-refractivity contribution >= 4 is 17.8 Å². The van der Waals surface area contributed by atoms with Gasteiger partial charge in [-0.3, -0.25) is 9.59 Å². The van der Waals surface area contributed by atoms with Gasteiger partial charge in [-0.15, -0.1) is 0 Å². The number of hydrogen-bond acceptors (Lipinski definition) is 5. The van der Waals surface area contributed by atoms with Gasteiger partial charge in [0.15, 0.2) is 5.76 Å². The number of aliphatic carboxylic acids is 1. The van der Waals surface area contributed by atoms with E-state index in [9.17, 15) is 22.8 Å². The molecule has 1 spiro atoms. The summed E-state index contributed by atoms with van der Waals surface area (Å²) in [6.07, 6.45) is -1.72. The van der Waals surface area contributed by atoms with E-state index in [1.807, 2.05) is 32.0 Å². The van der Waals surface area contributed by atoms with Gasteiger partial charge in [0.1, 0.15) is 5.76 Å². The minimum atomic E-state index is -5.08. The minimum Gasteiger partial charge on any atom is -0.475 e. The second-order valence-corrected chi connectivity index (χ2v) is 10.1. The van der Waals surface area contributed by atoms with Crippen LogP contribution in [0.2, 0.25) is 0 Å². The Morgan fingerprint density at radius 3 is 2.32 bits per heavy atom. The van der Waals surface area contributed by atoms with Crippen LogP contribution in [0.5, 0.6) is 0 Å².